The minimum absolute atomic E-state index is 0.133. The van der Waals surface area contributed by atoms with Gasteiger partial charge >= 0.3 is 5.97 Å². The van der Waals surface area contributed by atoms with Crippen molar-refractivity contribution in [1.29, 1.82) is 0 Å². The van der Waals surface area contributed by atoms with Crippen LogP contribution < -0.4 is 4.72 Å². The van der Waals surface area contributed by atoms with Gasteiger partial charge in [-0.1, -0.05) is 54.1 Å². The molecule has 3 rings (SSSR count). The van der Waals surface area contributed by atoms with Crippen molar-refractivity contribution >= 4 is 38.4 Å². The molecule has 0 aliphatic carbocycles. The summed E-state index contributed by atoms with van der Waals surface area (Å²) in [6.07, 6.45) is 0.486. The molecule has 3 aromatic rings. The second kappa shape index (κ2) is 9.19. The Morgan fingerprint density at radius 1 is 0.964 bits per heavy atom. The second-order valence-electron chi connectivity index (χ2n) is 6.30. The van der Waals surface area contributed by atoms with Crippen molar-refractivity contribution in [2.24, 2.45) is 0 Å². The summed E-state index contributed by atoms with van der Waals surface area (Å²) in [7, 11) is -3.62. The predicted octanol–water partition coefficient (Wildman–Crippen LogP) is 4.30. The first-order valence-corrected chi connectivity index (χ1v) is 10.7. The van der Waals surface area contributed by atoms with E-state index in [2.05, 4.69) is 4.72 Å². The van der Waals surface area contributed by atoms with Gasteiger partial charge in [-0.05, 0) is 47.0 Å². The van der Waals surface area contributed by atoms with Crippen molar-refractivity contribution in [3.63, 3.8) is 0 Å². The van der Waals surface area contributed by atoms with Gasteiger partial charge in [0.15, 0.2) is 0 Å². The Hall–Kier alpha value is -2.41. The van der Waals surface area contributed by atoms with Gasteiger partial charge in [0, 0.05) is 18.0 Å². The number of halogens is 1. The van der Waals surface area contributed by atoms with E-state index in [1.165, 1.54) is 0 Å². The smallest absolute Gasteiger partial charge is 0.306 e. The summed E-state index contributed by atoms with van der Waals surface area (Å²) in [5, 5.41) is 2.45. The largest absolute Gasteiger partial charge is 0.461 e. The van der Waals surface area contributed by atoms with E-state index in [4.69, 9.17) is 16.3 Å². The highest BCUT2D eigenvalue weighted by Crippen LogP contribution is 2.18. The molecule has 0 aliphatic rings. The summed E-state index contributed by atoms with van der Waals surface area (Å²) in [4.78, 5) is 12.0. The molecule has 28 heavy (non-hydrogen) atoms. The lowest BCUT2D eigenvalue weighted by atomic mass is 10.1. The first-order valence-electron chi connectivity index (χ1n) is 8.82. The molecule has 0 saturated heterocycles. The fourth-order valence-electron chi connectivity index (χ4n) is 2.67. The lowest BCUT2D eigenvalue weighted by Crippen LogP contribution is -2.25. The van der Waals surface area contributed by atoms with Crippen molar-refractivity contribution in [3.8, 4) is 0 Å². The minimum Gasteiger partial charge on any atom is -0.461 e. The zero-order valence-electron chi connectivity index (χ0n) is 15.1. The second-order valence-corrected chi connectivity index (χ2v) is 8.50. The highest BCUT2D eigenvalue weighted by atomic mass is 35.5. The van der Waals surface area contributed by atoms with Crippen LogP contribution in [0.3, 0.4) is 0 Å². The molecule has 0 radical (unpaired) electrons. The molecule has 0 unspecified atom stereocenters. The monoisotopic (exact) mass is 417 g/mol. The molecule has 5 nitrogen and oxygen atoms in total. The first kappa shape index (κ1) is 20.3. The quantitative estimate of drug-likeness (QED) is 0.438. The van der Waals surface area contributed by atoms with Gasteiger partial charge in [-0.25, -0.2) is 13.1 Å². The number of nitrogens with one attached hydrogen (secondary N) is 1. The molecule has 0 aliphatic heterocycles. The summed E-state index contributed by atoms with van der Waals surface area (Å²) in [6, 6.07) is 19.6. The van der Waals surface area contributed by atoms with E-state index in [1.807, 2.05) is 24.3 Å². The Morgan fingerprint density at radius 3 is 2.43 bits per heavy atom. The fourth-order valence-corrected chi connectivity index (χ4v) is 3.91. The summed E-state index contributed by atoms with van der Waals surface area (Å²) in [5.41, 5.74) is 0.842. The van der Waals surface area contributed by atoms with Crippen LogP contribution >= 0.6 is 11.6 Å². The van der Waals surface area contributed by atoms with Gasteiger partial charge in [-0.15, -0.1) is 0 Å². The lowest BCUT2D eigenvalue weighted by molar-refractivity contribution is -0.145. The maximum absolute atomic E-state index is 12.4. The number of benzene rings is 3. The number of hydrogen-bond acceptors (Lipinski definition) is 4. The van der Waals surface area contributed by atoms with E-state index in [9.17, 15) is 13.2 Å². The molecule has 146 valence electrons. The van der Waals surface area contributed by atoms with Crippen LogP contribution in [0.2, 0.25) is 5.02 Å². The third-order valence-electron chi connectivity index (χ3n) is 4.19. The van der Waals surface area contributed by atoms with Crippen LogP contribution in [-0.4, -0.2) is 20.9 Å². The number of fused-ring (bicyclic) bond motifs is 1. The molecule has 0 spiro atoms. The number of hydrogen-bond donors (Lipinski definition) is 1. The summed E-state index contributed by atoms with van der Waals surface area (Å²) in [6.45, 7) is 0.323. The van der Waals surface area contributed by atoms with E-state index < -0.39 is 10.0 Å². The Balaban J connectivity index is 1.45. The Labute approximate surface area is 169 Å². The zero-order valence-corrected chi connectivity index (χ0v) is 16.7. The van der Waals surface area contributed by atoms with Crippen LogP contribution in [0, 0.1) is 0 Å². The number of ether oxygens (including phenoxy) is 1. The topological polar surface area (TPSA) is 72.5 Å². The number of sulfonamides is 1. The van der Waals surface area contributed by atoms with Crippen molar-refractivity contribution < 1.29 is 17.9 Å². The van der Waals surface area contributed by atoms with E-state index in [-0.39, 0.29) is 30.4 Å². The third kappa shape index (κ3) is 5.55. The van der Waals surface area contributed by atoms with Gasteiger partial charge in [-0.3, -0.25) is 4.79 Å². The van der Waals surface area contributed by atoms with E-state index >= 15 is 0 Å². The molecule has 7 heteroatoms. The molecule has 0 amide bonds. The van der Waals surface area contributed by atoms with Crippen LogP contribution in [0.15, 0.2) is 71.6 Å². The van der Waals surface area contributed by atoms with Gasteiger partial charge in [0.1, 0.15) is 6.61 Å². The van der Waals surface area contributed by atoms with Crippen LogP contribution in [0.1, 0.15) is 18.4 Å². The average Bonchev–Trinajstić information content (AvgIpc) is 2.70. The maximum atomic E-state index is 12.4. The highest BCUT2D eigenvalue weighted by Gasteiger charge is 2.14. The average molecular weight is 418 g/mol. The van der Waals surface area contributed by atoms with Gasteiger partial charge in [0.05, 0.1) is 4.90 Å². The van der Waals surface area contributed by atoms with E-state index in [0.29, 0.717) is 11.4 Å². The van der Waals surface area contributed by atoms with E-state index in [1.54, 1.807) is 42.5 Å². The summed E-state index contributed by atoms with van der Waals surface area (Å²) in [5.74, 6) is -0.375. The maximum Gasteiger partial charge on any atom is 0.306 e. The Morgan fingerprint density at radius 2 is 1.68 bits per heavy atom. The fraction of sp³-hybridized carbons (Fsp3) is 0.190. The van der Waals surface area contributed by atoms with Gasteiger partial charge in [0.25, 0.3) is 0 Å². The molecule has 0 heterocycles. The van der Waals surface area contributed by atoms with Gasteiger partial charge in [-0.2, -0.15) is 0 Å². The van der Waals surface area contributed by atoms with Gasteiger partial charge in [0.2, 0.25) is 10.0 Å². The predicted molar refractivity (Wildman–Crippen MR) is 110 cm³/mol. The Kier molecular flexibility index (Phi) is 6.67. The van der Waals surface area contributed by atoms with Crippen molar-refractivity contribution in [2.75, 3.05) is 6.54 Å². The number of esters is 1. The molecule has 0 bridgehead atoms. The molecule has 0 aromatic heterocycles. The molecular formula is C21H20ClNO4S. The number of rotatable bonds is 8. The molecule has 0 fully saturated rings. The van der Waals surface area contributed by atoms with Crippen LogP contribution in [0.4, 0.5) is 0 Å². The summed E-state index contributed by atoms with van der Waals surface area (Å²) >= 11 is 5.80. The van der Waals surface area contributed by atoms with Crippen LogP contribution in [0.5, 0.6) is 0 Å². The first-order chi connectivity index (χ1) is 13.4. The molecular weight excluding hydrogens is 398 g/mol. The van der Waals surface area contributed by atoms with Crippen LogP contribution in [-0.2, 0) is 26.2 Å². The minimum atomic E-state index is -3.62. The highest BCUT2D eigenvalue weighted by molar-refractivity contribution is 7.89. The number of carbonyl (C=O) groups is 1. The summed E-state index contributed by atoms with van der Waals surface area (Å²) < 4.78 is 32.5. The van der Waals surface area contributed by atoms with Crippen LogP contribution in [0.25, 0.3) is 10.8 Å². The molecule has 0 atom stereocenters. The number of carbonyl (C=O) groups excluding carboxylic acids is 1. The third-order valence-corrected chi connectivity index (χ3v) is 5.90. The zero-order chi connectivity index (χ0) is 20.0. The lowest BCUT2D eigenvalue weighted by Gasteiger charge is -2.08. The standard InChI is InChI=1S/C21H20ClNO4S/c22-19-10-7-16(8-11-19)15-27-21(24)6-3-13-23-28(25,26)20-12-9-17-4-1-2-5-18(17)14-20/h1-2,4-5,7-12,14,23H,3,6,13,15H2. The Bertz CT molecular complexity index is 1070. The van der Waals surface area contributed by atoms with Gasteiger partial charge < -0.3 is 4.74 Å². The normalized spacial score (nSPS) is 11.5. The molecule has 3 aromatic carbocycles. The van der Waals surface area contributed by atoms with Crippen molar-refractivity contribution in [1.82, 2.24) is 4.72 Å². The SMILES string of the molecule is O=C(CCCNS(=O)(=O)c1ccc2ccccc2c1)OCc1ccc(Cl)cc1. The molecule has 0 saturated carbocycles. The van der Waals surface area contributed by atoms with Crippen molar-refractivity contribution in [2.45, 2.75) is 24.3 Å². The van der Waals surface area contributed by atoms with E-state index in [0.717, 1.165) is 16.3 Å². The van der Waals surface area contributed by atoms with Crippen molar-refractivity contribution in [3.05, 3.63) is 77.3 Å². The molecule has 1 N–H and O–H groups in total.